The van der Waals surface area contributed by atoms with E-state index in [2.05, 4.69) is 16.5 Å². The smallest absolute Gasteiger partial charge is 0.228 e. The van der Waals surface area contributed by atoms with Gasteiger partial charge >= 0.3 is 0 Å². The highest BCUT2D eigenvalue weighted by Crippen LogP contribution is 2.32. The third-order valence-electron chi connectivity index (χ3n) is 4.18. The number of rotatable bonds is 3. The van der Waals surface area contributed by atoms with Gasteiger partial charge in [-0.15, -0.1) is 0 Å². The van der Waals surface area contributed by atoms with Gasteiger partial charge in [0.25, 0.3) is 0 Å². The number of anilines is 1. The van der Waals surface area contributed by atoms with Gasteiger partial charge in [0.1, 0.15) is 0 Å². The zero-order valence-corrected chi connectivity index (χ0v) is 13.3. The number of amides is 2. The lowest BCUT2D eigenvalue weighted by atomic mass is 9.90. The van der Waals surface area contributed by atoms with Crippen molar-refractivity contribution >= 4 is 17.6 Å². The van der Waals surface area contributed by atoms with Crippen LogP contribution in [0.1, 0.15) is 30.5 Å². The SMILES string of the molecule is CC(=O)N1CCc2ccccc2[C@@H]1CC(=O)Nc1ccn(C)n1. The normalized spacial score (nSPS) is 16.8. The summed E-state index contributed by atoms with van der Waals surface area (Å²) in [6.45, 7) is 2.20. The van der Waals surface area contributed by atoms with Crippen LogP contribution in [0.3, 0.4) is 0 Å². The summed E-state index contributed by atoms with van der Waals surface area (Å²) in [5.74, 6) is 0.378. The van der Waals surface area contributed by atoms with Gasteiger partial charge in [-0.3, -0.25) is 14.3 Å². The number of nitrogens with one attached hydrogen (secondary N) is 1. The number of aryl methyl sites for hydroxylation is 1. The molecule has 2 aromatic rings. The topological polar surface area (TPSA) is 67.2 Å². The fourth-order valence-corrected chi connectivity index (χ4v) is 3.10. The Morgan fingerprint density at radius 2 is 2.09 bits per heavy atom. The number of nitrogens with zero attached hydrogens (tertiary/aromatic N) is 3. The third-order valence-corrected chi connectivity index (χ3v) is 4.18. The molecule has 0 unspecified atom stereocenters. The number of hydrogen-bond acceptors (Lipinski definition) is 3. The lowest BCUT2D eigenvalue weighted by Gasteiger charge is -2.36. The second-order valence-corrected chi connectivity index (χ2v) is 5.80. The van der Waals surface area contributed by atoms with E-state index in [9.17, 15) is 9.59 Å². The molecule has 2 heterocycles. The van der Waals surface area contributed by atoms with E-state index in [1.807, 2.05) is 18.2 Å². The van der Waals surface area contributed by atoms with Crippen LogP contribution in [0.5, 0.6) is 0 Å². The highest BCUT2D eigenvalue weighted by molar-refractivity contribution is 5.90. The van der Waals surface area contributed by atoms with Gasteiger partial charge in [0, 0.05) is 32.8 Å². The molecule has 0 spiro atoms. The van der Waals surface area contributed by atoms with Crippen molar-refractivity contribution in [3.8, 4) is 0 Å². The van der Waals surface area contributed by atoms with E-state index in [0.29, 0.717) is 12.4 Å². The summed E-state index contributed by atoms with van der Waals surface area (Å²) in [5, 5.41) is 6.94. The third kappa shape index (κ3) is 3.26. The summed E-state index contributed by atoms with van der Waals surface area (Å²) in [6.07, 6.45) is 2.83. The molecule has 1 aromatic heterocycles. The van der Waals surface area contributed by atoms with E-state index >= 15 is 0 Å². The molecule has 23 heavy (non-hydrogen) atoms. The summed E-state index contributed by atoms with van der Waals surface area (Å²) in [7, 11) is 1.80. The van der Waals surface area contributed by atoms with E-state index in [-0.39, 0.29) is 24.3 Å². The first kappa shape index (κ1) is 15.3. The van der Waals surface area contributed by atoms with Gasteiger partial charge in [-0.2, -0.15) is 5.10 Å². The van der Waals surface area contributed by atoms with Gasteiger partial charge in [-0.05, 0) is 17.5 Å². The van der Waals surface area contributed by atoms with Gasteiger partial charge < -0.3 is 10.2 Å². The van der Waals surface area contributed by atoms with E-state index in [0.717, 1.165) is 12.0 Å². The zero-order chi connectivity index (χ0) is 16.4. The molecule has 1 atom stereocenters. The maximum absolute atomic E-state index is 12.4. The van der Waals surface area contributed by atoms with Crippen LogP contribution in [-0.4, -0.2) is 33.0 Å². The minimum absolute atomic E-state index is 0.00450. The number of carbonyl (C=O) groups is 2. The van der Waals surface area contributed by atoms with E-state index in [1.54, 1.807) is 35.8 Å². The van der Waals surface area contributed by atoms with Crippen LogP contribution in [-0.2, 0) is 23.1 Å². The van der Waals surface area contributed by atoms with Crippen LogP contribution in [0, 0.1) is 0 Å². The first-order valence-electron chi connectivity index (χ1n) is 7.69. The number of benzene rings is 1. The van der Waals surface area contributed by atoms with Gasteiger partial charge in [0.2, 0.25) is 11.8 Å². The van der Waals surface area contributed by atoms with Crippen molar-refractivity contribution in [3.63, 3.8) is 0 Å². The first-order valence-corrected chi connectivity index (χ1v) is 7.69. The van der Waals surface area contributed by atoms with Crippen molar-refractivity contribution < 1.29 is 9.59 Å². The number of aromatic nitrogens is 2. The molecule has 120 valence electrons. The molecule has 1 aliphatic heterocycles. The van der Waals surface area contributed by atoms with Crippen molar-refractivity contribution in [2.45, 2.75) is 25.8 Å². The molecule has 0 saturated carbocycles. The number of fused-ring (bicyclic) bond motifs is 1. The van der Waals surface area contributed by atoms with Crippen molar-refractivity contribution in [2.75, 3.05) is 11.9 Å². The molecular weight excluding hydrogens is 292 g/mol. The van der Waals surface area contributed by atoms with Crippen LogP contribution in [0.4, 0.5) is 5.82 Å². The molecule has 1 aliphatic rings. The monoisotopic (exact) mass is 312 g/mol. The Bertz CT molecular complexity index is 738. The minimum Gasteiger partial charge on any atom is -0.335 e. The van der Waals surface area contributed by atoms with Crippen LogP contribution in [0.2, 0.25) is 0 Å². The molecule has 6 heteroatoms. The molecule has 6 nitrogen and oxygen atoms in total. The van der Waals surface area contributed by atoms with Crippen molar-refractivity contribution in [2.24, 2.45) is 7.05 Å². The Balaban J connectivity index is 1.80. The predicted octanol–water partition coefficient (Wildman–Crippen LogP) is 1.89. The molecule has 1 N–H and O–H groups in total. The Morgan fingerprint density at radius 1 is 1.30 bits per heavy atom. The fourth-order valence-electron chi connectivity index (χ4n) is 3.10. The van der Waals surface area contributed by atoms with Crippen molar-refractivity contribution in [3.05, 3.63) is 47.7 Å². The van der Waals surface area contributed by atoms with E-state index in [4.69, 9.17) is 0 Å². The summed E-state index contributed by atoms with van der Waals surface area (Å²) < 4.78 is 1.63. The molecule has 0 saturated heterocycles. The highest BCUT2D eigenvalue weighted by atomic mass is 16.2. The second-order valence-electron chi connectivity index (χ2n) is 5.80. The van der Waals surface area contributed by atoms with E-state index in [1.165, 1.54) is 5.56 Å². The standard InChI is InChI=1S/C17H20N4O2/c1-12(22)21-10-7-13-5-3-4-6-14(13)15(21)11-17(23)18-16-8-9-20(2)19-16/h3-6,8-9,15H,7,10-11H2,1-2H3,(H,18,19,23)/t15-/m0/s1. The Hall–Kier alpha value is -2.63. The number of hydrogen-bond donors (Lipinski definition) is 1. The van der Waals surface area contributed by atoms with Crippen LogP contribution < -0.4 is 5.32 Å². The van der Waals surface area contributed by atoms with Gasteiger partial charge in [-0.1, -0.05) is 24.3 Å². The van der Waals surface area contributed by atoms with Crippen LogP contribution in [0.15, 0.2) is 36.5 Å². The summed E-state index contributed by atoms with van der Waals surface area (Å²) in [4.78, 5) is 26.1. The van der Waals surface area contributed by atoms with Crippen LogP contribution in [0.25, 0.3) is 0 Å². The maximum atomic E-state index is 12.4. The van der Waals surface area contributed by atoms with Gasteiger partial charge in [0.15, 0.2) is 5.82 Å². The van der Waals surface area contributed by atoms with Crippen molar-refractivity contribution in [1.82, 2.24) is 14.7 Å². The lowest BCUT2D eigenvalue weighted by molar-refractivity contribution is -0.132. The Labute approximate surface area is 135 Å². The summed E-state index contributed by atoms with van der Waals surface area (Å²) in [5.41, 5.74) is 2.27. The quantitative estimate of drug-likeness (QED) is 0.941. The summed E-state index contributed by atoms with van der Waals surface area (Å²) in [6, 6.07) is 9.54. The minimum atomic E-state index is -0.221. The molecule has 0 bridgehead atoms. The maximum Gasteiger partial charge on any atom is 0.228 e. The van der Waals surface area contributed by atoms with Crippen LogP contribution >= 0.6 is 0 Å². The van der Waals surface area contributed by atoms with Gasteiger partial charge in [0.05, 0.1) is 12.5 Å². The van der Waals surface area contributed by atoms with E-state index < -0.39 is 0 Å². The largest absolute Gasteiger partial charge is 0.335 e. The molecule has 0 aliphatic carbocycles. The average Bonchev–Trinajstić information content (AvgIpc) is 2.92. The molecule has 0 radical (unpaired) electrons. The second kappa shape index (κ2) is 6.24. The Kier molecular flexibility index (Phi) is 4.14. The highest BCUT2D eigenvalue weighted by Gasteiger charge is 2.30. The first-order chi connectivity index (χ1) is 11.0. The molecule has 2 amide bonds. The molecule has 3 rings (SSSR count). The fraction of sp³-hybridized carbons (Fsp3) is 0.353. The number of carbonyl (C=O) groups excluding carboxylic acids is 2. The zero-order valence-electron chi connectivity index (χ0n) is 13.3. The summed E-state index contributed by atoms with van der Waals surface area (Å²) >= 11 is 0. The molecular formula is C17H20N4O2. The lowest BCUT2D eigenvalue weighted by Crippen LogP contribution is -2.40. The molecule has 0 fully saturated rings. The molecule has 1 aromatic carbocycles. The van der Waals surface area contributed by atoms with Crippen molar-refractivity contribution in [1.29, 1.82) is 0 Å². The van der Waals surface area contributed by atoms with Gasteiger partial charge in [-0.25, -0.2) is 0 Å². The Morgan fingerprint density at radius 3 is 2.78 bits per heavy atom. The average molecular weight is 312 g/mol. The predicted molar refractivity (Wildman–Crippen MR) is 86.7 cm³/mol.